The van der Waals surface area contributed by atoms with Crippen molar-refractivity contribution in [3.8, 4) is 0 Å². The maximum absolute atomic E-state index is 13.1. The van der Waals surface area contributed by atoms with Gasteiger partial charge in [-0.25, -0.2) is 14.2 Å². The molecule has 4 rings (SSSR count). The Morgan fingerprint density at radius 3 is 2.54 bits per heavy atom. The molecule has 0 aliphatic rings. The Balaban J connectivity index is 1.84. The van der Waals surface area contributed by atoms with Gasteiger partial charge in [-0.2, -0.15) is 0 Å². The van der Waals surface area contributed by atoms with E-state index in [0.717, 1.165) is 9.44 Å². The molecule has 28 heavy (non-hydrogen) atoms. The first-order valence-corrected chi connectivity index (χ1v) is 9.32. The maximum atomic E-state index is 13.1. The SMILES string of the molecule is O=C(Cn1c(=O)n(Cc2cccs2)c(=O)c2ncccc21)c1ccc(F)cc1. The summed E-state index contributed by atoms with van der Waals surface area (Å²) in [6, 6.07) is 12.0. The first kappa shape index (κ1) is 18.0. The van der Waals surface area contributed by atoms with Gasteiger partial charge in [-0.05, 0) is 47.8 Å². The highest BCUT2D eigenvalue weighted by Gasteiger charge is 2.17. The first-order valence-electron chi connectivity index (χ1n) is 8.44. The number of aromatic nitrogens is 3. The van der Waals surface area contributed by atoms with Gasteiger partial charge in [0.05, 0.1) is 18.6 Å². The third kappa shape index (κ3) is 3.29. The van der Waals surface area contributed by atoms with Crippen molar-refractivity contribution in [2.24, 2.45) is 0 Å². The molecule has 1 aromatic carbocycles. The average molecular weight is 395 g/mol. The Hall–Kier alpha value is -3.39. The number of rotatable bonds is 5. The molecule has 0 amide bonds. The van der Waals surface area contributed by atoms with Crippen LogP contribution in [-0.2, 0) is 13.1 Å². The lowest BCUT2D eigenvalue weighted by Gasteiger charge is -2.13. The zero-order valence-corrected chi connectivity index (χ0v) is 15.4. The summed E-state index contributed by atoms with van der Waals surface area (Å²) < 4.78 is 15.4. The first-order chi connectivity index (χ1) is 13.5. The van der Waals surface area contributed by atoms with E-state index in [-0.39, 0.29) is 35.5 Å². The number of nitrogens with zero attached hydrogens (tertiary/aromatic N) is 3. The second kappa shape index (κ2) is 7.32. The summed E-state index contributed by atoms with van der Waals surface area (Å²) in [5.41, 5.74) is -0.406. The monoisotopic (exact) mass is 395 g/mol. The van der Waals surface area contributed by atoms with E-state index in [1.165, 1.54) is 46.4 Å². The predicted molar refractivity (Wildman–Crippen MR) is 104 cm³/mol. The molecule has 4 aromatic rings. The lowest BCUT2D eigenvalue weighted by atomic mass is 10.1. The van der Waals surface area contributed by atoms with E-state index in [1.807, 2.05) is 17.5 Å². The van der Waals surface area contributed by atoms with Crippen LogP contribution < -0.4 is 11.2 Å². The van der Waals surface area contributed by atoms with Crippen LogP contribution >= 0.6 is 11.3 Å². The minimum absolute atomic E-state index is 0.104. The zero-order chi connectivity index (χ0) is 19.7. The molecular weight excluding hydrogens is 381 g/mol. The van der Waals surface area contributed by atoms with Crippen LogP contribution in [0.25, 0.3) is 11.0 Å². The third-order valence-electron chi connectivity index (χ3n) is 4.35. The Labute approximate surface area is 162 Å². The zero-order valence-electron chi connectivity index (χ0n) is 14.5. The van der Waals surface area contributed by atoms with E-state index in [0.29, 0.717) is 0 Å². The Morgan fingerprint density at radius 1 is 1.04 bits per heavy atom. The fourth-order valence-electron chi connectivity index (χ4n) is 2.96. The van der Waals surface area contributed by atoms with Gasteiger partial charge in [0, 0.05) is 16.6 Å². The standard InChI is InChI=1S/C20H14FN3O3S/c21-14-7-5-13(6-8-14)17(25)12-23-16-4-1-9-22-18(16)19(26)24(20(23)27)11-15-3-2-10-28-15/h1-10H,11-12H2. The van der Waals surface area contributed by atoms with Crippen molar-refractivity contribution >= 4 is 28.2 Å². The van der Waals surface area contributed by atoms with Crippen molar-refractivity contribution in [1.29, 1.82) is 0 Å². The lowest BCUT2D eigenvalue weighted by molar-refractivity contribution is 0.0971. The summed E-state index contributed by atoms with van der Waals surface area (Å²) >= 11 is 1.43. The number of thiophene rings is 1. The topological polar surface area (TPSA) is 74.0 Å². The number of pyridine rings is 1. The number of carbonyl (C=O) groups excluding carboxylic acids is 1. The van der Waals surface area contributed by atoms with Crippen molar-refractivity contribution in [1.82, 2.24) is 14.1 Å². The predicted octanol–water partition coefficient (Wildman–Crippen LogP) is 2.69. The molecule has 3 aromatic heterocycles. The number of halogens is 1. The number of hydrogen-bond donors (Lipinski definition) is 0. The molecule has 0 spiro atoms. The van der Waals surface area contributed by atoms with Crippen LogP contribution in [-0.4, -0.2) is 19.9 Å². The number of carbonyl (C=O) groups is 1. The van der Waals surface area contributed by atoms with Gasteiger partial charge >= 0.3 is 5.69 Å². The molecule has 6 nitrogen and oxygen atoms in total. The van der Waals surface area contributed by atoms with Gasteiger partial charge < -0.3 is 0 Å². The van der Waals surface area contributed by atoms with Crippen molar-refractivity contribution in [2.45, 2.75) is 13.1 Å². The summed E-state index contributed by atoms with van der Waals surface area (Å²) in [5.74, 6) is -0.818. The molecule has 0 atom stereocenters. The summed E-state index contributed by atoms with van der Waals surface area (Å²) in [6.07, 6.45) is 1.47. The summed E-state index contributed by atoms with van der Waals surface area (Å²) in [5, 5.41) is 1.86. The summed E-state index contributed by atoms with van der Waals surface area (Å²) in [6.45, 7) is -0.177. The van der Waals surface area contributed by atoms with Crippen LogP contribution in [0.2, 0.25) is 0 Å². The number of ketones is 1. The molecule has 0 N–H and O–H groups in total. The second-order valence-electron chi connectivity index (χ2n) is 6.14. The minimum Gasteiger partial charge on any atom is -0.292 e. The quantitative estimate of drug-likeness (QED) is 0.487. The highest BCUT2D eigenvalue weighted by atomic mass is 32.1. The van der Waals surface area contributed by atoms with Crippen LogP contribution in [0, 0.1) is 5.82 Å². The number of benzene rings is 1. The van der Waals surface area contributed by atoms with Gasteiger partial charge in [-0.3, -0.25) is 18.7 Å². The van der Waals surface area contributed by atoms with E-state index in [2.05, 4.69) is 4.98 Å². The third-order valence-corrected chi connectivity index (χ3v) is 5.21. The van der Waals surface area contributed by atoms with Crippen LogP contribution in [0.5, 0.6) is 0 Å². The molecule has 0 aliphatic heterocycles. The van der Waals surface area contributed by atoms with Gasteiger partial charge in [-0.1, -0.05) is 6.07 Å². The van der Waals surface area contributed by atoms with Gasteiger partial charge in [0.1, 0.15) is 5.82 Å². The van der Waals surface area contributed by atoms with E-state index >= 15 is 0 Å². The van der Waals surface area contributed by atoms with Gasteiger partial charge in [0.15, 0.2) is 11.3 Å². The Morgan fingerprint density at radius 2 is 1.82 bits per heavy atom. The normalized spacial score (nSPS) is 11.0. The van der Waals surface area contributed by atoms with Crippen molar-refractivity contribution in [3.63, 3.8) is 0 Å². The molecule has 140 valence electrons. The largest absolute Gasteiger partial charge is 0.332 e. The Kier molecular flexibility index (Phi) is 4.70. The highest BCUT2D eigenvalue weighted by molar-refractivity contribution is 7.09. The van der Waals surface area contributed by atoms with Crippen LogP contribution in [0.1, 0.15) is 15.2 Å². The molecule has 0 bridgehead atoms. The van der Waals surface area contributed by atoms with E-state index < -0.39 is 17.1 Å². The van der Waals surface area contributed by atoms with Crippen molar-refractivity contribution in [3.05, 3.63) is 97.2 Å². The maximum Gasteiger partial charge on any atom is 0.332 e. The van der Waals surface area contributed by atoms with Crippen LogP contribution in [0.3, 0.4) is 0 Å². The molecule has 0 radical (unpaired) electrons. The fraction of sp³-hybridized carbons (Fsp3) is 0.100. The van der Waals surface area contributed by atoms with Gasteiger partial charge in [-0.15, -0.1) is 11.3 Å². The average Bonchev–Trinajstić information content (AvgIpc) is 3.22. The second-order valence-corrected chi connectivity index (χ2v) is 7.17. The van der Waals surface area contributed by atoms with Crippen molar-refractivity contribution in [2.75, 3.05) is 0 Å². The van der Waals surface area contributed by atoms with Gasteiger partial charge in [0.2, 0.25) is 0 Å². The number of Topliss-reactive ketones (excluding diaryl/α,β-unsaturated/α-hetero) is 1. The molecule has 3 heterocycles. The molecular formula is C20H14FN3O3S. The number of fused-ring (bicyclic) bond motifs is 1. The Bertz CT molecular complexity index is 1280. The van der Waals surface area contributed by atoms with E-state index in [1.54, 1.807) is 12.1 Å². The molecule has 8 heteroatoms. The lowest BCUT2D eigenvalue weighted by Crippen LogP contribution is -2.41. The summed E-state index contributed by atoms with van der Waals surface area (Å²) in [4.78, 5) is 43.4. The van der Waals surface area contributed by atoms with E-state index in [4.69, 9.17) is 0 Å². The van der Waals surface area contributed by atoms with Crippen molar-refractivity contribution < 1.29 is 9.18 Å². The summed E-state index contributed by atoms with van der Waals surface area (Å²) in [7, 11) is 0. The molecule has 0 fully saturated rings. The molecule has 0 saturated carbocycles. The van der Waals surface area contributed by atoms with E-state index in [9.17, 15) is 18.8 Å². The smallest absolute Gasteiger partial charge is 0.292 e. The molecule has 0 unspecified atom stereocenters. The number of hydrogen-bond acceptors (Lipinski definition) is 5. The highest BCUT2D eigenvalue weighted by Crippen LogP contribution is 2.11. The van der Waals surface area contributed by atoms with Gasteiger partial charge in [0.25, 0.3) is 5.56 Å². The molecule has 0 aliphatic carbocycles. The van der Waals surface area contributed by atoms with Crippen LogP contribution in [0.4, 0.5) is 4.39 Å². The minimum atomic E-state index is -0.589. The molecule has 0 saturated heterocycles. The van der Waals surface area contributed by atoms with Crippen LogP contribution in [0.15, 0.2) is 69.7 Å². The fourth-order valence-corrected chi connectivity index (χ4v) is 3.66.